The highest BCUT2D eigenvalue weighted by Gasteiger charge is 2.48. The van der Waals surface area contributed by atoms with Crippen LogP contribution in [0.3, 0.4) is 0 Å². The molecule has 2 heterocycles. The van der Waals surface area contributed by atoms with Gasteiger partial charge in [0.25, 0.3) is 0 Å². The topological polar surface area (TPSA) is 67.5 Å². The summed E-state index contributed by atoms with van der Waals surface area (Å²) in [4.78, 5) is 13.9. The van der Waals surface area contributed by atoms with E-state index in [4.69, 9.17) is 9.47 Å². The van der Waals surface area contributed by atoms with Gasteiger partial charge in [0.2, 0.25) is 0 Å². The van der Waals surface area contributed by atoms with Gasteiger partial charge >= 0.3 is 5.97 Å². The maximum Gasteiger partial charge on any atom is 0.307 e. The van der Waals surface area contributed by atoms with Crippen molar-refractivity contribution in [3.05, 3.63) is 41.6 Å². The first kappa shape index (κ1) is 16.7. The Morgan fingerprint density at radius 2 is 2.17 bits per heavy atom. The molecular formula is C18H23N3O3. The van der Waals surface area contributed by atoms with Crippen molar-refractivity contribution < 1.29 is 14.3 Å². The molecule has 0 amide bonds. The van der Waals surface area contributed by atoms with E-state index in [1.807, 2.05) is 44.0 Å². The molecule has 0 aliphatic carbocycles. The fraction of sp³-hybridized carbons (Fsp3) is 0.444. The number of ether oxygens (including phenoxy) is 2. The molecule has 0 bridgehead atoms. The van der Waals surface area contributed by atoms with Crippen molar-refractivity contribution in [3.8, 4) is 11.3 Å². The second-order valence-electron chi connectivity index (χ2n) is 6.00. The number of fused-ring (bicyclic) bond motifs is 1. The summed E-state index contributed by atoms with van der Waals surface area (Å²) in [7, 11) is 1.92. The second kappa shape index (κ2) is 6.37. The van der Waals surface area contributed by atoms with Gasteiger partial charge in [-0.1, -0.05) is 19.1 Å². The number of H-pyrrole nitrogens is 1. The highest BCUT2D eigenvalue weighted by molar-refractivity contribution is 5.70. The number of nitrogens with one attached hydrogen (secondary N) is 1. The molecule has 1 N–H and O–H groups in total. The van der Waals surface area contributed by atoms with Crippen LogP contribution in [0.15, 0.2) is 30.5 Å². The van der Waals surface area contributed by atoms with E-state index in [0.717, 1.165) is 22.4 Å². The number of nitrogens with zero attached hydrogens (tertiary/aromatic N) is 2. The van der Waals surface area contributed by atoms with Crippen LogP contribution in [0, 0.1) is 0 Å². The largest absolute Gasteiger partial charge is 0.440 e. The minimum absolute atomic E-state index is 0.231. The number of esters is 1. The standard InChI is InChI=1S/C18H23N3O3/c1-5-16(22)24-18(3)14-8-7-12(15-9-10-19-20-15)11-13(14)17(21(18)4)23-6-2/h7-11,17H,5-6H2,1-4H3,(H,19,20). The van der Waals surface area contributed by atoms with E-state index in [-0.39, 0.29) is 12.2 Å². The minimum atomic E-state index is -0.839. The first-order valence-corrected chi connectivity index (χ1v) is 8.21. The van der Waals surface area contributed by atoms with E-state index >= 15 is 0 Å². The molecule has 0 radical (unpaired) electrons. The summed E-state index contributed by atoms with van der Waals surface area (Å²) < 4.78 is 11.7. The quantitative estimate of drug-likeness (QED) is 0.853. The van der Waals surface area contributed by atoms with Crippen molar-refractivity contribution in [3.63, 3.8) is 0 Å². The average molecular weight is 329 g/mol. The summed E-state index contributed by atoms with van der Waals surface area (Å²) in [6.07, 6.45) is 1.80. The van der Waals surface area contributed by atoms with Crippen molar-refractivity contribution in [1.29, 1.82) is 0 Å². The SMILES string of the molecule is CCOC1c2cc(-c3ccn[nH]3)ccc2C(C)(OC(=O)CC)N1C. The van der Waals surface area contributed by atoms with Gasteiger partial charge in [0.05, 0.1) is 5.69 Å². The van der Waals surface area contributed by atoms with Crippen LogP contribution in [0.4, 0.5) is 0 Å². The van der Waals surface area contributed by atoms with E-state index in [1.165, 1.54) is 0 Å². The van der Waals surface area contributed by atoms with Gasteiger partial charge in [0.1, 0.15) is 6.23 Å². The third kappa shape index (κ3) is 2.61. The molecule has 1 aliphatic rings. The van der Waals surface area contributed by atoms with Crippen molar-refractivity contribution >= 4 is 5.97 Å². The third-order valence-corrected chi connectivity index (χ3v) is 4.58. The van der Waals surface area contributed by atoms with Crippen LogP contribution in [0.5, 0.6) is 0 Å². The van der Waals surface area contributed by atoms with Crippen LogP contribution in [-0.4, -0.2) is 34.7 Å². The molecule has 2 unspecified atom stereocenters. The Kier molecular flexibility index (Phi) is 4.43. The Morgan fingerprint density at radius 3 is 2.79 bits per heavy atom. The maximum atomic E-state index is 11.9. The van der Waals surface area contributed by atoms with E-state index in [1.54, 1.807) is 13.1 Å². The van der Waals surface area contributed by atoms with E-state index in [2.05, 4.69) is 16.3 Å². The first-order valence-electron chi connectivity index (χ1n) is 8.21. The van der Waals surface area contributed by atoms with Crippen LogP contribution in [0.1, 0.15) is 44.5 Å². The predicted molar refractivity (Wildman–Crippen MR) is 89.9 cm³/mol. The summed E-state index contributed by atoms with van der Waals surface area (Å²) >= 11 is 0. The number of aromatic amines is 1. The molecule has 1 aromatic heterocycles. The molecule has 6 nitrogen and oxygen atoms in total. The van der Waals surface area contributed by atoms with Crippen LogP contribution in [0.2, 0.25) is 0 Å². The summed E-state index contributed by atoms with van der Waals surface area (Å²) in [5.74, 6) is -0.231. The summed E-state index contributed by atoms with van der Waals surface area (Å²) in [6.45, 7) is 6.23. The molecule has 3 rings (SSSR count). The maximum absolute atomic E-state index is 11.9. The zero-order chi connectivity index (χ0) is 17.3. The number of benzene rings is 1. The van der Waals surface area contributed by atoms with Gasteiger partial charge < -0.3 is 9.47 Å². The second-order valence-corrected chi connectivity index (χ2v) is 6.00. The molecule has 128 valence electrons. The molecular weight excluding hydrogens is 306 g/mol. The Bertz CT molecular complexity index is 729. The number of rotatable bonds is 5. The molecule has 1 aromatic carbocycles. The Morgan fingerprint density at radius 1 is 1.38 bits per heavy atom. The molecule has 2 aromatic rings. The summed E-state index contributed by atoms with van der Waals surface area (Å²) in [6, 6.07) is 8.01. The molecule has 6 heteroatoms. The van der Waals surface area contributed by atoms with Gasteiger partial charge in [-0.15, -0.1) is 0 Å². The smallest absolute Gasteiger partial charge is 0.307 e. The lowest BCUT2D eigenvalue weighted by molar-refractivity contribution is -0.200. The average Bonchev–Trinajstić information content (AvgIpc) is 3.18. The van der Waals surface area contributed by atoms with Crippen LogP contribution in [-0.2, 0) is 20.0 Å². The Balaban J connectivity index is 2.07. The number of hydrogen-bond acceptors (Lipinski definition) is 5. The first-order chi connectivity index (χ1) is 11.5. The van der Waals surface area contributed by atoms with E-state index < -0.39 is 5.72 Å². The normalized spacial score (nSPS) is 23.2. The number of carbonyl (C=O) groups excluding carboxylic acids is 1. The predicted octanol–water partition coefficient (Wildman–Crippen LogP) is 3.18. The molecule has 0 saturated heterocycles. The van der Waals surface area contributed by atoms with Crippen molar-refractivity contribution in [2.75, 3.05) is 13.7 Å². The van der Waals surface area contributed by atoms with Gasteiger partial charge in [-0.2, -0.15) is 5.10 Å². The van der Waals surface area contributed by atoms with Crippen molar-refractivity contribution in [2.45, 2.75) is 39.1 Å². The Labute approximate surface area is 141 Å². The zero-order valence-electron chi connectivity index (χ0n) is 14.5. The molecule has 1 aliphatic heterocycles. The summed E-state index contributed by atoms with van der Waals surface area (Å²) in [5.41, 5.74) is 3.09. The van der Waals surface area contributed by atoms with Gasteiger partial charge in [-0.3, -0.25) is 9.89 Å². The van der Waals surface area contributed by atoms with E-state index in [9.17, 15) is 4.79 Å². The fourth-order valence-corrected chi connectivity index (χ4v) is 3.18. The van der Waals surface area contributed by atoms with Crippen LogP contribution in [0.25, 0.3) is 11.3 Å². The third-order valence-electron chi connectivity index (χ3n) is 4.58. The summed E-state index contributed by atoms with van der Waals surface area (Å²) in [5, 5.41) is 6.98. The van der Waals surface area contributed by atoms with Gasteiger partial charge in [-0.05, 0) is 38.6 Å². The number of aromatic nitrogens is 2. The van der Waals surface area contributed by atoms with Crippen LogP contribution >= 0.6 is 0 Å². The van der Waals surface area contributed by atoms with Crippen LogP contribution < -0.4 is 0 Å². The van der Waals surface area contributed by atoms with Crippen molar-refractivity contribution in [1.82, 2.24) is 15.1 Å². The van der Waals surface area contributed by atoms with E-state index in [0.29, 0.717) is 13.0 Å². The lowest BCUT2D eigenvalue weighted by atomic mass is 9.98. The zero-order valence-corrected chi connectivity index (χ0v) is 14.5. The number of hydrogen-bond donors (Lipinski definition) is 1. The lowest BCUT2D eigenvalue weighted by Crippen LogP contribution is -2.41. The van der Waals surface area contributed by atoms with Crippen molar-refractivity contribution in [2.24, 2.45) is 0 Å². The van der Waals surface area contributed by atoms with Gasteiger partial charge in [0, 0.05) is 30.4 Å². The molecule has 2 atom stereocenters. The minimum Gasteiger partial charge on any atom is -0.440 e. The molecule has 0 saturated carbocycles. The van der Waals surface area contributed by atoms with Gasteiger partial charge in [0.15, 0.2) is 5.72 Å². The number of carbonyl (C=O) groups is 1. The van der Waals surface area contributed by atoms with Gasteiger partial charge in [-0.25, -0.2) is 4.90 Å². The highest BCUT2D eigenvalue weighted by atomic mass is 16.6. The monoisotopic (exact) mass is 329 g/mol. The highest BCUT2D eigenvalue weighted by Crippen LogP contribution is 2.47. The molecule has 24 heavy (non-hydrogen) atoms. The fourth-order valence-electron chi connectivity index (χ4n) is 3.18. The molecule has 0 fully saturated rings. The Hall–Kier alpha value is -2.18. The lowest BCUT2D eigenvalue weighted by Gasteiger charge is -2.34. The molecule has 0 spiro atoms.